The van der Waals surface area contributed by atoms with E-state index in [1.54, 1.807) is 11.3 Å². The van der Waals surface area contributed by atoms with Crippen LogP contribution in [0.4, 0.5) is 5.82 Å². The summed E-state index contributed by atoms with van der Waals surface area (Å²) in [6.07, 6.45) is 1.15. The van der Waals surface area contributed by atoms with Crippen molar-refractivity contribution in [2.45, 2.75) is 19.9 Å². The van der Waals surface area contributed by atoms with E-state index in [1.807, 2.05) is 7.05 Å². The Kier molecular flexibility index (Phi) is 5.90. The maximum Gasteiger partial charge on any atom is 0.146 e. The van der Waals surface area contributed by atoms with Gasteiger partial charge in [0.2, 0.25) is 0 Å². The first kappa shape index (κ1) is 16.1. The van der Waals surface area contributed by atoms with Crippen molar-refractivity contribution in [2.24, 2.45) is 0 Å². The second kappa shape index (κ2) is 7.68. The lowest BCUT2D eigenvalue weighted by Crippen LogP contribution is -2.32. The molecule has 0 saturated carbocycles. The molecule has 0 fully saturated rings. The minimum Gasteiger partial charge on any atom is -0.372 e. The summed E-state index contributed by atoms with van der Waals surface area (Å²) in [5, 5.41) is 6.36. The molecule has 2 rings (SSSR count). The lowest BCUT2D eigenvalue weighted by Gasteiger charge is -2.23. The Labute approximate surface area is 131 Å². The van der Waals surface area contributed by atoms with E-state index in [0.29, 0.717) is 0 Å². The van der Waals surface area contributed by atoms with Crippen LogP contribution in [0, 0.1) is 0 Å². The van der Waals surface area contributed by atoms with Gasteiger partial charge in [0.25, 0.3) is 0 Å². The minimum absolute atomic E-state index is 0.810. The smallest absolute Gasteiger partial charge is 0.146 e. The van der Waals surface area contributed by atoms with E-state index in [9.17, 15) is 0 Å². The van der Waals surface area contributed by atoms with E-state index in [1.165, 1.54) is 0 Å². The number of nitrogens with zero attached hydrogens (tertiary/aromatic N) is 4. The van der Waals surface area contributed by atoms with Gasteiger partial charge in [-0.3, -0.25) is 4.90 Å². The van der Waals surface area contributed by atoms with Gasteiger partial charge >= 0.3 is 0 Å². The SMILES string of the molecule is CCCN(CCN(C)C)Cc1nc(NC)c2ccsc2n1. The van der Waals surface area contributed by atoms with Gasteiger partial charge in [-0.25, -0.2) is 9.97 Å². The Morgan fingerprint density at radius 1 is 1.19 bits per heavy atom. The molecule has 0 aliphatic heterocycles. The quantitative estimate of drug-likeness (QED) is 0.812. The highest BCUT2D eigenvalue weighted by atomic mass is 32.1. The monoisotopic (exact) mass is 307 g/mol. The zero-order valence-corrected chi connectivity index (χ0v) is 14.2. The Morgan fingerprint density at radius 2 is 2.00 bits per heavy atom. The molecule has 2 heterocycles. The molecule has 0 radical (unpaired) electrons. The fourth-order valence-corrected chi connectivity index (χ4v) is 3.07. The number of likely N-dealkylation sites (N-methyl/N-ethyl adjacent to an activating group) is 1. The van der Waals surface area contributed by atoms with Crippen molar-refractivity contribution in [1.29, 1.82) is 0 Å². The van der Waals surface area contributed by atoms with Gasteiger partial charge in [0.05, 0.1) is 11.9 Å². The van der Waals surface area contributed by atoms with Crippen LogP contribution < -0.4 is 5.32 Å². The van der Waals surface area contributed by atoms with Crippen molar-refractivity contribution in [3.63, 3.8) is 0 Å². The van der Waals surface area contributed by atoms with Crippen LogP contribution in [0.1, 0.15) is 19.2 Å². The highest BCUT2D eigenvalue weighted by Crippen LogP contribution is 2.24. The Bertz CT molecular complexity index is 566. The summed E-state index contributed by atoms with van der Waals surface area (Å²) in [6.45, 7) is 6.20. The zero-order chi connectivity index (χ0) is 15.2. The lowest BCUT2D eigenvalue weighted by molar-refractivity contribution is 0.229. The first-order valence-corrected chi connectivity index (χ1v) is 8.31. The molecule has 0 aliphatic rings. The molecular formula is C15H25N5S. The molecule has 0 bridgehead atoms. The summed E-state index contributed by atoms with van der Waals surface area (Å²) < 4.78 is 0. The molecular weight excluding hydrogens is 282 g/mol. The van der Waals surface area contributed by atoms with Gasteiger partial charge in [0, 0.05) is 20.1 Å². The van der Waals surface area contributed by atoms with E-state index in [0.717, 1.165) is 54.5 Å². The largest absolute Gasteiger partial charge is 0.372 e. The van der Waals surface area contributed by atoms with Gasteiger partial charge in [-0.2, -0.15) is 0 Å². The van der Waals surface area contributed by atoms with Crippen LogP contribution in [0.25, 0.3) is 10.2 Å². The van der Waals surface area contributed by atoms with Gasteiger partial charge in [-0.15, -0.1) is 11.3 Å². The van der Waals surface area contributed by atoms with Gasteiger partial charge in [-0.05, 0) is 38.5 Å². The Balaban J connectivity index is 2.15. The van der Waals surface area contributed by atoms with Crippen molar-refractivity contribution in [3.05, 3.63) is 17.3 Å². The Morgan fingerprint density at radius 3 is 2.67 bits per heavy atom. The normalized spacial score (nSPS) is 11.7. The van der Waals surface area contributed by atoms with E-state index in [2.05, 4.69) is 52.6 Å². The van der Waals surface area contributed by atoms with Crippen molar-refractivity contribution in [3.8, 4) is 0 Å². The number of hydrogen-bond donors (Lipinski definition) is 1. The number of fused-ring (bicyclic) bond motifs is 1. The van der Waals surface area contributed by atoms with Crippen LogP contribution in [0.5, 0.6) is 0 Å². The molecule has 2 aromatic rings. The number of rotatable bonds is 8. The number of anilines is 1. The molecule has 5 nitrogen and oxygen atoms in total. The van der Waals surface area contributed by atoms with E-state index in [-0.39, 0.29) is 0 Å². The molecule has 0 spiro atoms. The molecule has 116 valence electrons. The van der Waals surface area contributed by atoms with Crippen LogP contribution in [-0.4, -0.2) is 60.5 Å². The maximum absolute atomic E-state index is 4.71. The third-order valence-electron chi connectivity index (χ3n) is 3.38. The first-order chi connectivity index (χ1) is 10.1. The summed E-state index contributed by atoms with van der Waals surface area (Å²) in [5.74, 6) is 1.84. The third-order valence-corrected chi connectivity index (χ3v) is 4.18. The van der Waals surface area contributed by atoms with Gasteiger partial charge in [0.1, 0.15) is 16.5 Å². The van der Waals surface area contributed by atoms with Crippen LogP contribution in [0.3, 0.4) is 0 Å². The molecule has 0 unspecified atom stereocenters. The summed E-state index contributed by atoms with van der Waals surface area (Å²) in [7, 11) is 6.13. The van der Waals surface area contributed by atoms with Crippen molar-refractivity contribution in [1.82, 2.24) is 19.8 Å². The average Bonchev–Trinajstić information content (AvgIpc) is 2.92. The summed E-state index contributed by atoms with van der Waals surface area (Å²) in [6, 6.07) is 2.07. The molecule has 6 heteroatoms. The first-order valence-electron chi connectivity index (χ1n) is 7.43. The van der Waals surface area contributed by atoms with Crippen LogP contribution in [-0.2, 0) is 6.54 Å². The van der Waals surface area contributed by atoms with E-state index >= 15 is 0 Å². The number of nitrogens with one attached hydrogen (secondary N) is 1. The number of aromatic nitrogens is 2. The average molecular weight is 307 g/mol. The number of hydrogen-bond acceptors (Lipinski definition) is 6. The van der Waals surface area contributed by atoms with Crippen molar-refractivity contribution >= 4 is 27.4 Å². The molecule has 0 amide bonds. The molecule has 0 aromatic carbocycles. The van der Waals surface area contributed by atoms with Crippen LogP contribution in [0.15, 0.2) is 11.4 Å². The maximum atomic E-state index is 4.71. The number of thiophene rings is 1. The molecule has 2 aromatic heterocycles. The second-order valence-electron chi connectivity index (χ2n) is 5.46. The highest BCUT2D eigenvalue weighted by molar-refractivity contribution is 7.16. The summed E-state index contributed by atoms with van der Waals surface area (Å²) in [5.41, 5.74) is 0. The molecule has 0 atom stereocenters. The van der Waals surface area contributed by atoms with Crippen LogP contribution in [0.2, 0.25) is 0 Å². The fraction of sp³-hybridized carbons (Fsp3) is 0.600. The van der Waals surface area contributed by atoms with Gasteiger partial charge < -0.3 is 10.2 Å². The summed E-state index contributed by atoms with van der Waals surface area (Å²) >= 11 is 1.67. The predicted octanol–water partition coefficient (Wildman–Crippen LogP) is 2.51. The Hall–Kier alpha value is -1.24. The topological polar surface area (TPSA) is 44.3 Å². The zero-order valence-electron chi connectivity index (χ0n) is 13.4. The molecule has 0 saturated heterocycles. The minimum atomic E-state index is 0.810. The third kappa shape index (κ3) is 4.36. The van der Waals surface area contributed by atoms with Crippen LogP contribution >= 0.6 is 11.3 Å². The summed E-state index contributed by atoms with van der Waals surface area (Å²) in [4.78, 5) is 15.1. The van der Waals surface area contributed by atoms with Crippen molar-refractivity contribution in [2.75, 3.05) is 46.1 Å². The second-order valence-corrected chi connectivity index (χ2v) is 6.35. The predicted molar refractivity (Wildman–Crippen MR) is 91.1 cm³/mol. The highest BCUT2D eigenvalue weighted by Gasteiger charge is 2.11. The fourth-order valence-electron chi connectivity index (χ4n) is 2.29. The standard InChI is InChI=1S/C15H25N5S/c1-5-7-20(9-8-19(3)4)11-13-17-14(16-2)12-6-10-21-15(12)18-13/h6,10H,5,7-9,11H2,1-4H3,(H,16,17,18). The molecule has 0 aliphatic carbocycles. The van der Waals surface area contributed by atoms with E-state index in [4.69, 9.17) is 4.98 Å². The van der Waals surface area contributed by atoms with E-state index < -0.39 is 0 Å². The molecule has 1 N–H and O–H groups in total. The van der Waals surface area contributed by atoms with Gasteiger partial charge in [0.15, 0.2) is 0 Å². The molecule has 21 heavy (non-hydrogen) atoms. The van der Waals surface area contributed by atoms with Crippen molar-refractivity contribution < 1.29 is 0 Å². The van der Waals surface area contributed by atoms with Gasteiger partial charge in [-0.1, -0.05) is 6.92 Å². The lowest BCUT2D eigenvalue weighted by atomic mass is 10.3.